The molecule has 1 heterocycles. The smallest absolute Gasteiger partial charge is 0.231 e. The van der Waals surface area contributed by atoms with Crippen LogP contribution in [0.25, 0.3) is 0 Å². The van der Waals surface area contributed by atoms with E-state index in [9.17, 15) is 4.79 Å². The monoisotopic (exact) mass is 222 g/mol. The fraction of sp³-hybridized carbons (Fsp3) is 0.364. The molecule has 0 aliphatic carbocycles. The van der Waals surface area contributed by atoms with Gasteiger partial charge in [-0.2, -0.15) is 0 Å². The number of nitrogens with one attached hydrogen (secondary N) is 1. The van der Waals surface area contributed by atoms with E-state index in [1.54, 1.807) is 0 Å². The average molecular weight is 222 g/mol. The van der Waals surface area contributed by atoms with E-state index in [-0.39, 0.29) is 12.5 Å². The lowest BCUT2D eigenvalue weighted by molar-refractivity contribution is -0.117. The number of fused-ring (bicyclic) bond motifs is 1. The van der Waals surface area contributed by atoms with Gasteiger partial charge in [0.25, 0.3) is 0 Å². The number of hydrogen-bond acceptors (Lipinski definition) is 3. The molecule has 0 fully saturated rings. The molecular weight excluding hydrogens is 208 g/mol. The van der Waals surface area contributed by atoms with Gasteiger partial charge in [-0.05, 0) is 11.6 Å². The predicted molar refractivity (Wildman–Crippen MR) is 62.0 cm³/mol. The van der Waals surface area contributed by atoms with Gasteiger partial charge in [0, 0.05) is 23.1 Å². The molecule has 80 valence electrons. The van der Waals surface area contributed by atoms with Crippen molar-refractivity contribution in [2.45, 2.75) is 10.8 Å². The highest BCUT2D eigenvalue weighted by Crippen LogP contribution is 2.38. The van der Waals surface area contributed by atoms with Crippen LogP contribution in [0.15, 0.2) is 29.2 Å². The summed E-state index contributed by atoms with van der Waals surface area (Å²) in [4.78, 5) is 11.9. The van der Waals surface area contributed by atoms with Crippen LogP contribution in [0.3, 0.4) is 0 Å². The van der Waals surface area contributed by atoms with Gasteiger partial charge in [-0.25, -0.2) is 0 Å². The third-order valence-electron chi connectivity index (χ3n) is 2.49. The van der Waals surface area contributed by atoms with Gasteiger partial charge in [-0.3, -0.25) is 4.79 Å². The molecule has 1 aromatic rings. The molecule has 1 aromatic carbocycles. The predicted octanol–water partition coefficient (Wildman–Crippen LogP) is 0.951. The zero-order valence-electron chi connectivity index (χ0n) is 8.40. The number of thioether (sulfide) groups is 1. The lowest BCUT2D eigenvalue weighted by atomic mass is 10.0. The van der Waals surface area contributed by atoms with E-state index in [4.69, 9.17) is 5.73 Å². The van der Waals surface area contributed by atoms with Crippen LogP contribution in [0.2, 0.25) is 0 Å². The van der Waals surface area contributed by atoms with Crippen LogP contribution in [0.4, 0.5) is 0 Å². The Morgan fingerprint density at radius 1 is 1.53 bits per heavy atom. The Bertz CT molecular complexity index is 367. The van der Waals surface area contributed by atoms with Crippen LogP contribution in [0.5, 0.6) is 0 Å². The van der Waals surface area contributed by atoms with Crippen LogP contribution in [-0.4, -0.2) is 24.7 Å². The first kappa shape index (κ1) is 10.5. The number of carbonyl (C=O) groups is 1. The van der Waals surface area contributed by atoms with Crippen LogP contribution in [0, 0.1) is 0 Å². The second-order valence-electron chi connectivity index (χ2n) is 3.64. The minimum absolute atomic E-state index is 0.267. The maximum Gasteiger partial charge on any atom is 0.231 e. The molecule has 0 bridgehead atoms. The largest absolute Gasteiger partial charge is 0.369 e. The van der Waals surface area contributed by atoms with Crippen molar-refractivity contribution in [3.63, 3.8) is 0 Å². The number of nitrogens with two attached hydrogens (primary N) is 1. The summed E-state index contributed by atoms with van der Waals surface area (Å²) in [5, 5.41) is 3.08. The second-order valence-corrected chi connectivity index (χ2v) is 4.70. The number of hydrogen-bond donors (Lipinski definition) is 2. The molecule has 3 nitrogen and oxygen atoms in total. The molecule has 1 atom stereocenters. The normalized spacial score (nSPS) is 18.8. The fourth-order valence-electron chi connectivity index (χ4n) is 1.77. The van der Waals surface area contributed by atoms with Gasteiger partial charge in [0.05, 0.1) is 6.54 Å². The van der Waals surface area contributed by atoms with Gasteiger partial charge in [0.1, 0.15) is 0 Å². The van der Waals surface area contributed by atoms with E-state index in [0.29, 0.717) is 5.92 Å². The van der Waals surface area contributed by atoms with Crippen molar-refractivity contribution < 1.29 is 4.79 Å². The molecule has 2 rings (SSSR count). The van der Waals surface area contributed by atoms with Gasteiger partial charge >= 0.3 is 0 Å². The van der Waals surface area contributed by atoms with E-state index < -0.39 is 0 Å². The Hall–Kier alpha value is -1.00. The lowest BCUT2D eigenvalue weighted by Crippen LogP contribution is -2.31. The van der Waals surface area contributed by atoms with E-state index in [1.807, 2.05) is 11.8 Å². The summed E-state index contributed by atoms with van der Waals surface area (Å²) >= 11 is 1.88. The van der Waals surface area contributed by atoms with Gasteiger partial charge in [-0.1, -0.05) is 18.2 Å². The molecule has 3 N–H and O–H groups in total. The maximum atomic E-state index is 10.6. The number of rotatable bonds is 4. The summed E-state index contributed by atoms with van der Waals surface area (Å²) < 4.78 is 0. The topological polar surface area (TPSA) is 55.1 Å². The summed E-state index contributed by atoms with van der Waals surface area (Å²) in [6, 6.07) is 8.43. The summed E-state index contributed by atoms with van der Waals surface area (Å²) in [5.41, 5.74) is 6.45. The van der Waals surface area contributed by atoms with Crippen molar-refractivity contribution in [3.05, 3.63) is 29.8 Å². The number of primary amides is 1. The van der Waals surface area contributed by atoms with Crippen LogP contribution < -0.4 is 11.1 Å². The highest BCUT2D eigenvalue weighted by atomic mass is 32.2. The molecular formula is C11H14N2OS. The Labute approximate surface area is 93.4 Å². The van der Waals surface area contributed by atoms with E-state index in [1.165, 1.54) is 10.5 Å². The second kappa shape index (κ2) is 4.68. The first-order chi connectivity index (χ1) is 7.27. The lowest BCUT2D eigenvalue weighted by Gasteiger charge is -2.10. The van der Waals surface area contributed by atoms with Gasteiger partial charge in [0.2, 0.25) is 5.91 Å². The third-order valence-corrected chi connectivity index (χ3v) is 3.74. The van der Waals surface area contributed by atoms with Crippen molar-refractivity contribution in [3.8, 4) is 0 Å². The maximum absolute atomic E-state index is 10.6. The molecule has 1 aliphatic heterocycles. The van der Waals surface area contributed by atoms with E-state index >= 15 is 0 Å². The number of benzene rings is 1. The highest BCUT2D eigenvalue weighted by Gasteiger charge is 2.21. The van der Waals surface area contributed by atoms with E-state index in [2.05, 4.69) is 29.6 Å². The first-order valence-electron chi connectivity index (χ1n) is 4.98. The Balaban J connectivity index is 1.93. The summed E-state index contributed by atoms with van der Waals surface area (Å²) in [7, 11) is 0. The van der Waals surface area contributed by atoms with Crippen molar-refractivity contribution >= 4 is 17.7 Å². The highest BCUT2D eigenvalue weighted by molar-refractivity contribution is 7.99. The quantitative estimate of drug-likeness (QED) is 0.797. The Morgan fingerprint density at radius 2 is 2.33 bits per heavy atom. The third kappa shape index (κ3) is 2.52. The zero-order chi connectivity index (χ0) is 10.7. The van der Waals surface area contributed by atoms with Gasteiger partial charge in [-0.15, -0.1) is 11.8 Å². The molecule has 0 aromatic heterocycles. The summed E-state index contributed by atoms with van der Waals surface area (Å²) in [6.45, 7) is 1.09. The van der Waals surface area contributed by atoms with Crippen molar-refractivity contribution in [2.24, 2.45) is 5.73 Å². The number of carbonyl (C=O) groups excluding carboxylic acids is 1. The van der Waals surface area contributed by atoms with Crippen LogP contribution in [0.1, 0.15) is 11.5 Å². The van der Waals surface area contributed by atoms with E-state index in [0.717, 1.165) is 12.3 Å². The zero-order valence-corrected chi connectivity index (χ0v) is 9.22. The standard InChI is InChI=1S/C11H14N2OS/c12-11(14)6-13-5-8-7-15-10-4-2-1-3-9(8)10/h1-4,8,13H,5-7H2,(H2,12,14). The van der Waals surface area contributed by atoms with Crippen molar-refractivity contribution in [1.82, 2.24) is 5.32 Å². The fourth-order valence-corrected chi connectivity index (χ4v) is 3.02. The molecule has 0 spiro atoms. The van der Waals surface area contributed by atoms with Gasteiger partial charge < -0.3 is 11.1 Å². The molecule has 1 aliphatic rings. The molecule has 1 amide bonds. The van der Waals surface area contributed by atoms with Gasteiger partial charge in [0.15, 0.2) is 0 Å². The molecule has 4 heteroatoms. The minimum atomic E-state index is -0.297. The Kier molecular flexibility index (Phi) is 3.28. The molecule has 1 unspecified atom stereocenters. The average Bonchev–Trinajstić information content (AvgIpc) is 2.62. The number of amides is 1. The minimum Gasteiger partial charge on any atom is -0.369 e. The van der Waals surface area contributed by atoms with Crippen LogP contribution in [-0.2, 0) is 4.79 Å². The van der Waals surface area contributed by atoms with Crippen LogP contribution >= 0.6 is 11.8 Å². The summed E-state index contributed by atoms with van der Waals surface area (Å²) in [5.74, 6) is 1.30. The van der Waals surface area contributed by atoms with Crippen molar-refractivity contribution in [2.75, 3.05) is 18.8 Å². The SMILES string of the molecule is NC(=O)CNCC1CSc2ccccc21. The molecule has 0 saturated heterocycles. The molecule has 0 saturated carbocycles. The summed E-state index contributed by atoms with van der Waals surface area (Å²) in [6.07, 6.45) is 0. The molecule has 0 radical (unpaired) electrons. The first-order valence-corrected chi connectivity index (χ1v) is 5.96. The van der Waals surface area contributed by atoms with Crippen molar-refractivity contribution in [1.29, 1.82) is 0 Å². The Morgan fingerprint density at radius 3 is 3.13 bits per heavy atom. The molecule has 15 heavy (non-hydrogen) atoms.